The van der Waals surface area contributed by atoms with E-state index in [0.717, 1.165) is 24.2 Å². The molecule has 17 heavy (non-hydrogen) atoms. The molecule has 0 atom stereocenters. The predicted octanol–water partition coefficient (Wildman–Crippen LogP) is 4.27. The minimum Gasteiger partial charge on any atom is -0.384 e. The van der Waals surface area contributed by atoms with E-state index in [2.05, 4.69) is 33.2 Å². The van der Waals surface area contributed by atoms with Crippen LogP contribution in [0.2, 0.25) is 0 Å². The van der Waals surface area contributed by atoms with Crippen LogP contribution in [-0.4, -0.2) is 11.5 Å². The molecule has 1 aromatic heterocycles. The highest BCUT2D eigenvalue weighted by atomic mass is 79.9. The number of anilines is 1. The molecule has 0 aliphatic carbocycles. The van der Waals surface area contributed by atoms with Crippen molar-refractivity contribution in [3.8, 4) is 0 Å². The van der Waals surface area contributed by atoms with Gasteiger partial charge in [0, 0.05) is 18.4 Å². The molecule has 0 radical (unpaired) electrons. The molecule has 4 heteroatoms. The highest BCUT2D eigenvalue weighted by Gasteiger charge is 2.12. The van der Waals surface area contributed by atoms with Crippen molar-refractivity contribution in [3.05, 3.63) is 34.2 Å². The maximum Gasteiger partial charge on any atom is 0.148 e. The Morgan fingerprint density at radius 3 is 2.94 bits per heavy atom. The van der Waals surface area contributed by atoms with Crippen molar-refractivity contribution in [2.45, 2.75) is 20.3 Å². The van der Waals surface area contributed by atoms with Crippen molar-refractivity contribution in [2.24, 2.45) is 0 Å². The third-order valence-corrected chi connectivity index (χ3v) is 3.24. The fraction of sp³-hybridized carbons (Fsp3) is 0.308. The van der Waals surface area contributed by atoms with E-state index in [1.54, 1.807) is 12.3 Å². The Balaban J connectivity index is 2.69. The zero-order chi connectivity index (χ0) is 12.4. The highest BCUT2D eigenvalue weighted by molar-refractivity contribution is 9.10. The zero-order valence-electron chi connectivity index (χ0n) is 9.85. The summed E-state index contributed by atoms with van der Waals surface area (Å²) in [5.41, 5.74) is 2.49. The van der Waals surface area contributed by atoms with Crippen LogP contribution in [0.1, 0.15) is 18.9 Å². The first-order chi connectivity index (χ1) is 8.15. The maximum atomic E-state index is 14.1. The third-order valence-electron chi connectivity index (χ3n) is 2.66. The molecule has 0 bridgehead atoms. The number of rotatable bonds is 3. The standard InChI is InChI=1S/C13H14BrFN2/c1-3-5-16-10-4-6-17-13-8(2)7-9(14)12(15)11(10)13/h4,6-7H,3,5H2,1-2H3,(H,16,17). The first kappa shape index (κ1) is 12.3. The molecule has 0 spiro atoms. The van der Waals surface area contributed by atoms with Gasteiger partial charge in [-0.2, -0.15) is 0 Å². The highest BCUT2D eigenvalue weighted by Crippen LogP contribution is 2.31. The summed E-state index contributed by atoms with van der Waals surface area (Å²) in [5, 5.41) is 3.79. The lowest BCUT2D eigenvalue weighted by Gasteiger charge is -2.11. The van der Waals surface area contributed by atoms with Gasteiger partial charge in [0.1, 0.15) is 5.82 Å². The van der Waals surface area contributed by atoms with Gasteiger partial charge in [0.05, 0.1) is 15.4 Å². The average Bonchev–Trinajstić information content (AvgIpc) is 2.33. The number of benzene rings is 1. The fourth-order valence-corrected chi connectivity index (χ4v) is 2.37. The number of aromatic nitrogens is 1. The van der Waals surface area contributed by atoms with Crippen molar-refractivity contribution in [3.63, 3.8) is 0 Å². The summed E-state index contributed by atoms with van der Waals surface area (Å²) in [4.78, 5) is 4.25. The van der Waals surface area contributed by atoms with Gasteiger partial charge in [-0.3, -0.25) is 4.98 Å². The SMILES string of the molecule is CCCNc1ccnc2c(C)cc(Br)c(F)c12. The number of halogens is 2. The van der Waals surface area contributed by atoms with E-state index >= 15 is 0 Å². The molecule has 0 saturated carbocycles. The Morgan fingerprint density at radius 1 is 1.47 bits per heavy atom. The zero-order valence-corrected chi connectivity index (χ0v) is 11.4. The molecule has 0 unspecified atom stereocenters. The average molecular weight is 297 g/mol. The van der Waals surface area contributed by atoms with E-state index in [4.69, 9.17) is 0 Å². The molecule has 0 aliphatic heterocycles. The van der Waals surface area contributed by atoms with Gasteiger partial charge in [0.2, 0.25) is 0 Å². The summed E-state index contributed by atoms with van der Waals surface area (Å²) < 4.78 is 14.6. The van der Waals surface area contributed by atoms with Gasteiger partial charge in [-0.25, -0.2) is 4.39 Å². The molecule has 0 aliphatic rings. The van der Waals surface area contributed by atoms with E-state index in [1.807, 2.05) is 13.0 Å². The second-order valence-corrected chi connectivity index (χ2v) is 4.85. The number of hydrogen-bond donors (Lipinski definition) is 1. The molecule has 2 rings (SSSR count). The van der Waals surface area contributed by atoms with Crippen molar-refractivity contribution in [1.82, 2.24) is 4.98 Å². The van der Waals surface area contributed by atoms with Crippen molar-refractivity contribution in [2.75, 3.05) is 11.9 Å². The number of fused-ring (bicyclic) bond motifs is 1. The Labute approximate surface area is 108 Å². The van der Waals surface area contributed by atoms with Crippen LogP contribution in [0.4, 0.5) is 10.1 Å². The van der Waals surface area contributed by atoms with E-state index in [1.165, 1.54) is 0 Å². The molecule has 1 heterocycles. The quantitative estimate of drug-likeness (QED) is 0.915. The van der Waals surface area contributed by atoms with Gasteiger partial charge in [0.25, 0.3) is 0 Å². The summed E-state index contributed by atoms with van der Waals surface area (Å²) >= 11 is 3.24. The Kier molecular flexibility index (Phi) is 3.62. The lowest BCUT2D eigenvalue weighted by Crippen LogP contribution is -2.02. The van der Waals surface area contributed by atoms with Crippen LogP contribution in [0.5, 0.6) is 0 Å². The van der Waals surface area contributed by atoms with Gasteiger partial charge in [-0.05, 0) is 47.0 Å². The first-order valence-electron chi connectivity index (χ1n) is 5.62. The summed E-state index contributed by atoms with van der Waals surface area (Å²) in [7, 11) is 0. The molecular weight excluding hydrogens is 283 g/mol. The van der Waals surface area contributed by atoms with E-state index in [0.29, 0.717) is 15.4 Å². The molecule has 0 saturated heterocycles. The molecule has 2 nitrogen and oxygen atoms in total. The number of aryl methyl sites for hydroxylation is 1. The Bertz CT molecular complexity index is 555. The normalized spacial score (nSPS) is 10.8. The van der Waals surface area contributed by atoms with Crippen molar-refractivity contribution >= 4 is 32.5 Å². The van der Waals surface area contributed by atoms with Gasteiger partial charge in [-0.15, -0.1) is 0 Å². The van der Waals surface area contributed by atoms with E-state index < -0.39 is 0 Å². The predicted molar refractivity (Wildman–Crippen MR) is 72.9 cm³/mol. The van der Waals surface area contributed by atoms with Gasteiger partial charge in [0.15, 0.2) is 0 Å². The minimum atomic E-state index is -0.252. The number of hydrogen-bond acceptors (Lipinski definition) is 2. The second-order valence-electron chi connectivity index (χ2n) is 4.00. The smallest absolute Gasteiger partial charge is 0.148 e. The summed E-state index contributed by atoms with van der Waals surface area (Å²) in [6, 6.07) is 3.57. The maximum absolute atomic E-state index is 14.1. The lowest BCUT2D eigenvalue weighted by atomic mass is 10.1. The molecule has 0 amide bonds. The summed E-state index contributed by atoms with van der Waals surface area (Å²) in [6.45, 7) is 4.83. The van der Waals surface area contributed by atoms with E-state index in [9.17, 15) is 4.39 Å². The van der Waals surface area contributed by atoms with Crippen LogP contribution in [0.25, 0.3) is 10.9 Å². The van der Waals surface area contributed by atoms with Crippen molar-refractivity contribution in [1.29, 1.82) is 0 Å². The Morgan fingerprint density at radius 2 is 2.24 bits per heavy atom. The van der Waals surface area contributed by atoms with Crippen LogP contribution >= 0.6 is 15.9 Å². The number of pyridine rings is 1. The largest absolute Gasteiger partial charge is 0.384 e. The topological polar surface area (TPSA) is 24.9 Å². The molecule has 0 fully saturated rings. The first-order valence-corrected chi connectivity index (χ1v) is 6.41. The summed E-state index contributed by atoms with van der Waals surface area (Å²) in [6.07, 6.45) is 2.71. The summed E-state index contributed by atoms with van der Waals surface area (Å²) in [5.74, 6) is -0.252. The Hall–Kier alpha value is -1.16. The fourth-order valence-electron chi connectivity index (χ4n) is 1.83. The monoisotopic (exact) mass is 296 g/mol. The molecule has 1 aromatic carbocycles. The van der Waals surface area contributed by atoms with Gasteiger partial charge < -0.3 is 5.32 Å². The minimum absolute atomic E-state index is 0.252. The van der Waals surface area contributed by atoms with Crippen LogP contribution < -0.4 is 5.32 Å². The molecule has 90 valence electrons. The van der Waals surface area contributed by atoms with Crippen molar-refractivity contribution < 1.29 is 4.39 Å². The lowest BCUT2D eigenvalue weighted by molar-refractivity contribution is 0.633. The molecule has 1 N–H and O–H groups in total. The van der Waals surface area contributed by atoms with Crippen LogP contribution in [0.15, 0.2) is 22.8 Å². The molecule has 2 aromatic rings. The second kappa shape index (κ2) is 5.00. The molecular formula is C13H14BrFN2. The van der Waals surface area contributed by atoms with E-state index in [-0.39, 0.29) is 5.82 Å². The van der Waals surface area contributed by atoms with Gasteiger partial charge >= 0.3 is 0 Å². The number of nitrogens with one attached hydrogen (secondary N) is 1. The number of nitrogens with zero attached hydrogens (tertiary/aromatic N) is 1. The van der Waals surface area contributed by atoms with Crippen LogP contribution in [0.3, 0.4) is 0 Å². The third kappa shape index (κ3) is 2.27. The van der Waals surface area contributed by atoms with Gasteiger partial charge in [-0.1, -0.05) is 6.92 Å². The van der Waals surface area contributed by atoms with Crippen LogP contribution in [0, 0.1) is 12.7 Å². The van der Waals surface area contributed by atoms with Crippen LogP contribution in [-0.2, 0) is 0 Å².